The topological polar surface area (TPSA) is 114 Å². The standard InChI is InChI=1S/C27H21ClN6O3S/c1-33-16-30-32-27(33)38-15-17-9-11-18(12-10-17)24(35)31-29-14-23-21-7-2-3-8-22(21)25(36)34(26(23)37)20-6-4-5-19(28)13-20/h2-14,16,37H,15H2,1H3,(H,31,35). The largest absolute Gasteiger partial charge is 0.494 e. The zero-order valence-electron chi connectivity index (χ0n) is 20.1. The van der Waals surface area contributed by atoms with Crippen LogP contribution in [0.3, 0.4) is 0 Å². The van der Waals surface area contributed by atoms with Crippen molar-refractivity contribution in [3.63, 3.8) is 0 Å². The summed E-state index contributed by atoms with van der Waals surface area (Å²) in [7, 11) is 1.88. The third-order valence-corrected chi connectivity index (χ3v) is 7.12. The Bertz CT molecular complexity index is 1730. The Kier molecular flexibility index (Phi) is 7.25. The number of aromatic hydroxyl groups is 1. The molecule has 0 bridgehead atoms. The van der Waals surface area contributed by atoms with Gasteiger partial charge in [0.15, 0.2) is 5.16 Å². The predicted octanol–water partition coefficient (Wildman–Crippen LogP) is 4.53. The summed E-state index contributed by atoms with van der Waals surface area (Å²) in [6.45, 7) is 0. The molecule has 5 rings (SSSR count). The molecule has 190 valence electrons. The minimum atomic E-state index is -0.416. The fraction of sp³-hybridized carbons (Fsp3) is 0.0741. The van der Waals surface area contributed by atoms with Crippen molar-refractivity contribution in [2.45, 2.75) is 10.9 Å². The summed E-state index contributed by atoms with van der Waals surface area (Å²) in [5.74, 6) is -0.0548. The van der Waals surface area contributed by atoms with Gasteiger partial charge in [-0.15, -0.1) is 10.2 Å². The number of hydrogen-bond acceptors (Lipinski definition) is 7. The molecule has 0 fully saturated rings. The Morgan fingerprint density at radius 3 is 2.58 bits per heavy atom. The maximum atomic E-state index is 13.2. The van der Waals surface area contributed by atoms with E-state index in [0.29, 0.717) is 32.8 Å². The highest BCUT2D eigenvalue weighted by molar-refractivity contribution is 7.98. The second kappa shape index (κ2) is 10.9. The van der Waals surface area contributed by atoms with Gasteiger partial charge in [0.25, 0.3) is 11.5 Å². The van der Waals surface area contributed by atoms with Crippen LogP contribution in [0.1, 0.15) is 21.5 Å². The average molecular weight is 545 g/mol. The minimum absolute atomic E-state index is 0.275. The molecule has 0 saturated heterocycles. The smallest absolute Gasteiger partial charge is 0.271 e. The van der Waals surface area contributed by atoms with Crippen molar-refractivity contribution in [2.24, 2.45) is 12.1 Å². The summed E-state index contributed by atoms with van der Waals surface area (Å²) in [4.78, 5) is 25.9. The molecule has 3 aromatic carbocycles. The number of hydrogen-bond donors (Lipinski definition) is 2. The Morgan fingerprint density at radius 1 is 1.11 bits per heavy atom. The second-order valence-corrected chi connectivity index (χ2v) is 9.69. The molecule has 2 N–H and O–H groups in total. The predicted molar refractivity (Wildman–Crippen MR) is 148 cm³/mol. The van der Waals surface area contributed by atoms with E-state index in [2.05, 4.69) is 20.7 Å². The summed E-state index contributed by atoms with van der Waals surface area (Å²) in [6.07, 6.45) is 2.96. The highest BCUT2D eigenvalue weighted by atomic mass is 35.5. The SMILES string of the molecule is Cn1cnnc1SCc1ccc(C(=O)NN=Cc2c(O)n(-c3cccc(Cl)c3)c(=O)c3ccccc23)cc1. The highest BCUT2D eigenvalue weighted by Gasteiger charge is 2.16. The average Bonchev–Trinajstić information content (AvgIpc) is 3.34. The molecule has 0 unspecified atom stereocenters. The van der Waals surface area contributed by atoms with Crippen LogP contribution in [-0.2, 0) is 12.8 Å². The van der Waals surface area contributed by atoms with Gasteiger partial charge in [-0.05, 0) is 42.0 Å². The van der Waals surface area contributed by atoms with Crippen molar-refractivity contribution in [2.75, 3.05) is 0 Å². The van der Waals surface area contributed by atoms with Crippen LogP contribution in [-0.4, -0.2) is 36.6 Å². The van der Waals surface area contributed by atoms with Gasteiger partial charge in [-0.2, -0.15) is 5.10 Å². The molecule has 1 amide bonds. The lowest BCUT2D eigenvalue weighted by Crippen LogP contribution is -2.21. The van der Waals surface area contributed by atoms with Gasteiger partial charge in [0.2, 0.25) is 5.88 Å². The Labute approximate surface area is 226 Å². The van der Waals surface area contributed by atoms with E-state index in [1.54, 1.807) is 78.8 Å². The van der Waals surface area contributed by atoms with Gasteiger partial charge >= 0.3 is 0 Å². The van der Waals surface area contributed by atoms with E-state index in [4.69, 9.17) is 11.6 Å². The number of halogens is 1. The number of nitrogens with zero attached hydrogens (tertiary/aromatic N) is 5. The van der Waals surface area contributed by atoms with Crippen molar-refractivity contribution in [1.29, 1.82) is 0 Å². The number of aryl methyl sites for hydroxylation is 1. The van der Waals surface area contributed by atoms with Crippen molar-refractivity contribution in [3.8, 4) is 11.6 Å². The molecule has 0 aliphatic carbocycles. The maximum Gasteiger partial charge on any atom is 0.271 e. The van der Waals surface area contributed by atoms with Crippen molar-refractivity contribution >= 4 is 46.3 Å². The molecule has 0 radical (unpaired) electrons. The van der Waals surface area contributed by atoms with E-state index in [1.807, 2.05) is 23.7 Å². The fourth-order valence-corrected chi connectivity index (χ4v) is 4.90. The molecule has 5 aromatic rings. The lowest BCUT2D eigenvalue weighted by Gasteiger charge is -2.13. The molecule has 38 heavy (non-hydrogen) atoms. The molecular weight excluding hydrogens is 524 g/mol. The van der Waals surface area contributed by atoms with Crippen LogP contribution >= 0.6 is 23.4 Å². The summed E-state index contributed by atoms with van der Waals surface area (Å²) >= 11 is 7.66. The molecule has 0 aliphatic heterocycles. The van der Waals surface area contributed by atoms with Crippen LogP contribution in [0.15, 0.2) is 94.2 Å². The fourth-order valence-electron chi connectivity index (χ4n) is 3.87. The Hall–Kier alpha value is -4.41. The Morgan fingerprint density at radius 2 is 1.87 bits per heavy atom. The molecular formula is C27H21ClN6O3S. The van der Waals surface area contributed by atoms with Crippen molar-refractivity contribution in [1.82, 2.24) is 24.8 Å². The third-order valence-electron chi connectivity index (χ3n) is 5.78. The summed E-state index contributed by atoms with van der Waals surface area (Å²) in [6, 6.07) is 20.6. The molecule has 2 heterocycles. The molecule has 9 nitrogen and oxygen atoms in total. The first-order valence-electron chi connectivity index (χ1n) is 11.4. The number of pyridine rings is 1. The van der Waals surface area contributed by atoms with Gasteiger partial charge < -0.3 is 9.67 Å². The summed E-state index contributed by atoms with van der Waals surface area (Å²) in [5.41, 5.74) is 4.21. The van der Waals surface area contributed by atoms with Crippen LogP contribution < -0.4 is 11.0 Å². The Balaban J connectivity index is 1.37. The van der Waals surface area contributed by atoms with Crippen molar-refractivity contribution < 1.29 is 9.90 Å². The first-order chi connectivity index (χ1) is 18.4. The third kappa shape index (κ3) is 5.17. The van der Waals surface area contributed by atoms with Crippen LogP contribution in [0.5, 0.6) is 5.88 Å². The number of nitrogens with one attached hydrogen (secondary N) is 1. The lowest BCUT2D eigenvalue weighted by atomic mass is 10.1. The molecule has 0 aliphatic rings. The van der Waals surface area contributed by atoms with Crippen LogP contribution in [0, 0.1) is 0 Å². The normalized spacial score (nSPS) is 11.3. The summed E-state index contributed by atoms with van der Waals surface area (Å²) in [5, 5.41) is 25.1. The van der Waals surface area contributed by atoms with Crippen molar-refractivity contribution in [3.05, 3.63) is 111 Å². The number of aromatic nitrogens is 4. The van der Waals surface area contributed by atoms with E-state index in [-0.39, 0.29) is 11.4 Å². The van der Waals surface area contributed by atoms with Crippen LogP contribution in [0.4, 0.5) is 0 Å². The number of benzene rings is 3. The lowest BCUT2D eigenvalue weighted by molar-refractivity contribution is 0.0955. The minimum Gasteiger partial charge on any atom is -0.494 e. The molecule has 0 spiro atoms. The number of carbonyl (C=O) groups is 1. The number of hydrazone groups is 1. The highest BCUT2D eigenvalue weighted by Crippen LogP contribution is 2.27. The molecule has 2 aromatic heterocycles. The molecule has 11 heteroatoms. The van der Waals surface area contributed by atoms with E-state index >= 15 is 0 Å². The first-order valence-corrected chi connectivity index (χ1v) is 12.8. The number of thioether (sulfide) groups is 1. The van der Waals surface area contributed by atoms with Gasteiger partial charge in [-0.1, -0.05) is 59.8 Å². The van der Waals surface area contributed by atoms with E-state index in [0.717, 1.165) is 15.3 Å². The van der Waals surface area contributed by atoms with Gasteiger partial charge in [0, 0.05) is 34.2 Å². The van der Waals surface area contributed by atoms with Crippen LogP contribution in [0.25, 0.3) is 16.5 Å². The number of rotatable bonds is 7. The first kappa shape index (κ1) is 25.2. The van der Waals surface area contributed by atoms with E-state index < -0.39 is 11.5 Å². The number of amides is 1. The monoisotopic (exact) mass is 544 g/mol. The molecule has 0 saturated carbocycles. The zero-order valence-corrected chi connectivity index (χ0v) is 21.6. The van der Waals surface area contributed by atoms with E-state index in [9.17, 15) is 14.7 Å². The quantitative estimate of drug-likeness (QED) is 0.177. The number of carbonyl (C=O) groups excluding carboxylic acids is 1. The van der Waals surface area contributed by atoms with Gasteiger partial charge in [-0.25, -0.2) is 9.99 Å². The van der Waals surface area contributed by atoms with Gasteiger partial charge in [0.1, 0.15) is 6.33 Å². The van der Waals surface area contributed by atoms with E-state index in [1.165, 1.54) is 6.21 Å². The van der Waals surface area contributed by atoms with Gasteiger partial charge in [0.05, 0.1) is 17.5 Å². The second-order valence-electron chi connectivity index (χ2n) is 8.31. The van der Waals surface area contributed by atoms with Crippen LogP contribution in [0.2, 0.25) is 5.02 Å². The molecule has 0 atom stereocenters. The van der Waals surface area contributed by atoms with Gasteiger partial charge in [-0.3, -0.25) is 9.59 Å². The zero-order chi connectivity index (χ0) is 26.6. The maximum absolute atomic E-state index is 13.2. The summed E-state index contributed by atoms with van der Waals surface area (Å²) < 4.78 is 3.00. The number of fused-ring (bicyclic) bond motifs is 1.